The molecular formula is C19H23NO4S. The summed E-state index contributed by atoms with van der Waals surface area (Å²) in [6.07, 6.45) is 0. The van der Waals surface area contributed by atoms with Crippen molar-refractivity contribution in [1.82, 2.24) is 4.31 Å². The standard InChI is InChI=1S/C19H23NO4S/c1-12-7-8-17(14(3)9-12)24-19(21)16-10-13(2)15(4)18(11-16)25(22,23)20(5)6/h7-11H,1-6H3. The molecule has 5 nitrogen and oxygen atoms in total. The summed E-state index contributed by atoms with van der Waals surface area (Å²) in [6, 6.07) is 8.54. The summed E-state index contributed by atoms with van der Waals surface area (Å²) in [6.45, 7) is 7.32. The van der Waals surface area contributed by atoms with Crippen LogP contribution < -0.4 is 4.74 Å². The van der Waals surface area contributed by atoms with Gasteiger partial charge in [0, 0.05) is 14.1 Å². The Morgan fingerprint density at radius 2 is 1.60 bits per heavy atom. The van der Waals surface area contributed by atoms with Crippen molar-refractivity contribution < 1.29 is 17.9 Å². The second-order valence-corrected chi connectivity index (χ2v) is 8.48. The molecule has 2 aromatic carbocycles. The minimum atomic E-state index is -3.65. The highest BCUT2D eigenvalue weighted by Crippen LogP contribution is 2.25. The molecule has 134 valence electrons. The molecule has 0 saturated heterocycles. The predicted octanol–water partition coefficient (Wildman–Crippen LogP) is 3.39. The minimum absolute atomic E-state index is 0.116. The van der Waals surface area contributed by atoms with E-state index in [1.165, 1.54) is 20.2 Å². The van der Waals surface area contributed by atoms with Crippen molar-refractivity contribution in [1.29, 1.82) is 0 Å². The molecule has 0 atom stereocenters. The van der Waals surface area contributed by atoms with Gasteiger partial charge in [-0.3, -0.25) is 0 Å². The Morgan fingerprint density at radius 3 is 2.16 bits per heavy atom. The van der Waals surface area contributed by atoms with Gasteiger partial charge in [0.1, 0.15) is 5.75 Å². The number of rotatable bonds is 4. The molecule has 0 spiro atoms. The molecule has 0 N–H and O–H groups in total. The average molecular weight is 361 g/mol. The smallest absolute Gasteiger partial charge is 0.343 e. The molecule has 0 aromatic heterocycles. The van der Waals surface area contributed by atoms with Gasteiger partial charge < -0.3 is 4.74 Å². The molecule has 25 heavy (non-hydrogen) atoms. The molecule has 2 rings (SSSR count). The van der Waals surface area contributed by atoms with Gasteiger partial charge in [-0.1, -0.05) is 17.7 Å². The van der Waals surface area contributed by atoms with Crippen molar-refractivity contribution in [3.63, 3.8) is 0 Å². The maximum Gasteiger partial charge on any atom is 0.343 e. The first-order valence-electron chi connectivity index (χ1n) is 7.87. The molecule has 0 unspecified atom stereocenters. The van der Waals surface area contributed by atoms with Crippen LogP contribution in [-0.4, -0.2) is 32.8 Å². The third kappa shape index (κ3) is 3.91. The molecule has 0 saturated carbocycles. The molecule has 0 fully saturated rings. The Morgan fingerprint density at radius 1 is 0.960 bits per heavy atom. The number of hydrogen-bond acceptors (Lipinski definition) is 4. The van der Waals surface area contributed by atoms with E-state index in [1.54, 1.807) is 26.0 Å². The van der Waals surface area contributed by atoms with Crippen LogP contribution in [0.2, 0.25) is 0 Å². The van der Waals surface area contributed by atoms with Gasteiger partial charge in [0.2, 0.25) is 10.0 Å². The third-order valence-electron chi connectivity index (χ3n) is 4.15. The summed E-state index contributed by atoms with van der Waals surface area (Å²) < 4.78 is 31.6. The largest absolute Gasteiger partial charge is 0.423 e. The van der Waals surface area contributed by atoms with Crippen LogP contribution in [0.1, 0.15) is 32.6 Å². The number of carbonyl (C=O) groups is 1. The lowest BCUT2D eigenvalue weighted by Crippen LogP contribution is -2.24. The Balaban J connectivity index is 2.46. The predicted molar refractivity (Wildman–Crippen MR) is 97.7 cm³/mol. The van der Waals surface area contributed by atoms with Crippen LogP contribution in [0.5, 0.6) is 5.75 Å². The summed E-state index contributed by atoms with van der Waals surface area (Å²) in [4.78, 5) is 12.6. The molecule has 0 aliphatic carbocycles. The lowest BCUT2D eigenvalue weighted by Gasteiger charge is -2.16. The van der Waals surface area contributed by atoms with E-state index >= 15 is 0 Å². The fourth-order valence-corrected chi connectivity index (χ4v) is 3.70. The van der Waals surface area contributed by atoms with E-state index in [4.69, 9.17) is 4.74 Å². The maximum atomic E-state index is 12.5. The normalized spacial score (nSPS) is 11.6. The van der Waals surface area contributed by atoms with Crippen LogP contribution in [0.3, 0.4) is 0 Å². The van der Waals surface area contributed by atoms with E-state index in [9.17, 15) is 13.2 Å². The highest BCUT2D eigenvalue weighted by Gasteiger charge is 2.23. The number of nitrogens with zero attached hydrogens (tertiary/aromatic N) is 1. The third-order valence-corrected chi connectivity index (χ3v) is 6.09. The van der Waals surface area contributed by atoms with E-state index in [1.807, 2.05) is 26.0 Å². The van der Waals surface area contributed by atoms with E-state index < -0.39 is 16.0 Å². The maximum absolute atomic E-state index is 12.5. The summed E-state index contributed by atoms with van der Waals surface area (Å²) in [5, 5.41) is 0. The van der Waals surface area contributed by atoms with E-state index in [-0.39, 0.29) is 10.5 Å². The molecule has 0 radical (unpaired) electrons. The number of benzene rings is 2. The first-order valence-corrected chi connectivity index (χ1v) is 9.31. The minimum Gasteiger partial charge on any atom is -0.423 e. The number of aryl methyl sites for hydroxylation is 3. The van der Waals surface area contributed by atoms with Gasteiger partial charge in [0.25, 0.3) is 0 Å². The summed E-state index contributed by atoms with van der Waals surface area (Å²) >= 11 is 0. The Kier molecular flexibility index (Phi) is 5.34. The molecule has 0 aliphatic rings. The van der Waals surface area contributed by atoms with Crippen molar-refractivity contribution in [3.8, 4) is 5.75 Å². The molecule has 0 aliphatic heterocycles. The van der Waals surface area contributed by atoms with Gasteiger partial charge in [-0.05, 0) is 62.6 Å². The number of hydrogen-bond donors (Lipinski definition) is 0. The van der Waals surface area contributed by atoms with Crippen LogP contribution in [0.25, 0.3) is 0 Å². The highest BCUT2D eigenvalue weighted by molar-refractivity contribution is 7.89. The molecule has 0 amide bonds. The first-order chi connectivity index (χ1) is 11.5. The Labute approximate surface area is 149 Å². The Hall–Kier alpha value is -2.18. The van der Waals surface area contributed by atoms with E-state index in [2.05, 4.69) is 0 Å². The van der Waals surface area contributed by atoms with Crippen molar-refractivity contribution in [3.05, 3.63) is 58.1 Å². The number of esters is 1. The molecular weight excluding hydrogens is 338 g/mol. The number of carbonyl (C=O) groups excluding carboxylic acids is 1. The monoisotopic (exact) mass is 361 g/mol. The fourth-order valence-electron chi connectivity index (χ4n) is 2.48. The summed E-state index contributed by atoms with van der Waals surface area (Å²) in [5.41, 5.74) is 3.47. The number of sulfonamides is 1. The second kappa shape index (κ2) is 6.98. The second-order valence-electron chi connectivity index (χ2n) is 6.36. The first kappa shape index (κ1) is 19.1. The molecule has 2 aromatic rings. The SMILES string of the molecule is Cc1ccc(OC(=O)c2cc(C)c(C)c(S(=O)(=O)N(C)C)c2)c(C)c1. The number of ether oxygens (including phenoxy) is 1. The summed E-state index contributed by atoms with van der Waals surface area (Å²) in [7, 11) is -0.721. The van der Waals surface area contributed by atoms with Crippen LogP contribution >= 0.6 is 0 Å². The van der Waals surface area contributed by atoms with E-state index in [0.717, 1.165) is 21.0 Å². The average Bonchev–Trinajstić information content (AvgIpc) is 2.52. The topological polar surface area (TPSA) is 63.7 Å². The zero-order valence-corrected chi connectivity index (χ0v) is 16.2. The Bertz CT molecular complexity index is 931. The van der Waals surface area contributed by atoms with E-state index in [0.29, 0.717) is 11.3 Å². The molecule has 0 heterocycles. The van der Waals surface area contributed by atoms with Gasteiger partial charge in [-0.2, -0.15) is 0 Å². The lowest BCUT2D eigenvalue weighted by molar-refractivity contribution is 0.0733. The van der Waals surface area contributed by atoms with Crippen LogP contribution in [0.15, 0.2) is 35.2 Å². The van der Waals surface area contributed by atoms with Gasteiger partial charge in [0.15, 0.2) is 0 Å². The van der Waals surface area contributed by atoms with Gasteiger partial charge >= 0.3 is 5.97 Å². The zero-order chi connectivity index (χ0) is 18.9. The highest BCUT2D eigenvalue weighted by atomic mass is 32.2. The van der Waals surface area contributed by atoms with Crippen molar-refractivity contribution in [2.45, 2.75) is 32.6 Å². The summed E-state index contributed by atoms with van der Waals surface area (Å²) in [5.74, 6) is -0.115. The van der Waals surface area contributed by atoms with Crippen LogP contribution in [0, 0.1) is 27.7 Å². The van der Waals surface area contributed by atoms with Crippen LogP contribution in [-0.2, 0) is 10.0 Å². The van der Waals surface area contributed by atoms with Crippen molar-refractivity contribution in [2.24, 2.45) is 0 Å². The van der Waals surface area contributed by atoms with Crippen molar-refractivity contribution >= 4 is 16.0 Å². The van der Waals surface area contributed by atoms with Crippen LogP contribution in [0.4, 0.5) is 0 Å². The van der Waals surface area contributed by atoms with Gasteiger partial charge in [-0.25, -0.2) is 17.5 Å². The zero-order valence-electron chi connectivity index (χ0n) is 15.4. The van der Waals surface area contributed by atoms with Gasteiger partial charge in [-0.15, -0.1) is 0 Å². The quantitative estimate of drug-likeness (QED) is 0.618. The fraction of sp³-hybridized carbons (Fsp3) is 0.316. The molecule has 0 bridgehead atoms. The molecule has 6 heteroatoms. The van der Waals surface area contributed by atoms with Crippen molar-refractivity contribution in [2.75, 3.05) is 14.1 Å². The lowest BCUT2D eigenvalue weighted by atomic mass is 10.1. The van der Waals surface area contributed by atoms with Gasteiger partial charge in [0.05, 0.1) is 10.5 Å².